The van der Waals surface area contributed by atoms with Crippen molar-refractivity contribution in [2.24, 2.45) is 0 Å². The molecule has 21 heavy (non-hydrogen) atoms. The van der Waals surface area contributed by atoms with Crippen LogP contribution in [0.5, 0.6) is 0 Å². The number of carbonyl (C=O) groups excluding carboxylic acids is 1. The van der Waals surface area contributed by atoms with Crippen LogP contribution < -0.4 is 16.6 Å². The zero-order valence-electron chi connectivity index (χ0n) is 12.0. The maximum Gasteiger partial charge on any atom is 0.251 e. The summed E-state index contributed by atoms with van der Waals surface area (Å²) in [7, 11) is 0. The van der Waals surface area contributed by atoms with Crippen LogP contribution in [-0.2, 0) is 17.8 Å². The number of thiazole rings is 1. The van der Waals surface area contributed by atoms with E-state index >= 15 is 0 Å². The molecule has 1 atom stereocenters. The van der Waals surface area contributed by atoms with Gasteiger partial charge in [-0.2, -0.15) is 0 Å². The van der Waals surface area contributed by atoms with Crippen molar-refractivity contribution in [2.45, 2.75) is 32.9 Å². The SMILES string of the molecule is CCc1cnc(C(C)NC(=O)Cn2cc(N)ccc2=O)s1. The average molecular weight is 306 g/mol. The lowest BCUT2D eigenvalue weighted by Gasteiger charge is -2.12. The maximum absolute atomic E-state index is 12.0. The van der Waals surface area contributed by atoms with E-state index in [4.69, 9.17) is 5.73 Å². The van der Waals surface area contributed by atoms with E-state index in [0.717, 1.165) is 11.4 Å². The number of carbonyl (C=O) groups is 1. The van der Waals surface area contributed by atoms with Gasteiger partial charge in [-0.25, -0.2) is 4.98 Å². The maximum atomic E-state index is 12.0. The topological polar surface area (TPSA) is 90.0 Å². The summed E-state index contributed by atoms with van der Waals surface area (Å²) in [4.78, 5) is 29.1. The number of hydrogen-bond acceptors (Lipinski definition) is 5. The van der Waals surface area contributed by atoms with Crippen molar-refractivity contribution in [3.8, 4) is 0 Å². The van der Waals surface area contributed by atoms with Gasteiger partial charge < -0.3 is 15.6 Å². The summed E-state index contributed by atoms with van der Waals surface area (Å²) in [5, 5.41) is 3.70. The van der Waals surface area contributed by atoms with Gasteiger partial charge in [0.15, 0.2) is 0 Å². The molecule has 2 aromatic rings. The Kier molecular flexibility index (Phi) is 4.74. The van der Waals surface area contributed by atoms with Crippen LogP contribution in [-0.4, -0.2) is 15.5 Å². The third kappa shape index (κ3) is 3.91. The molecule has 2 rings (SSSR count). The number of nitrogen functional groups attached to an aromatic ring is 1. The second-order valence-electron chi connectivity index (χ2n) is 4.74. The predicted octanol–water partition coefficient (Wildman–Crippen LogP) is 1.33. The first kappa shape index (κ1) is 15.2. The summed E-state index contributed by atoms with van der Waals surface area (Å²) in [5.74, 6) is -0.247. The van der Waals surface area contributed by atoms with E-state index in [1.165, 1.54) is 27.8 Å². The van der Waals surface area contributed by atoms with Crippen LogP contribution in [0, 0.1) is 0 Å². The van der Waals surface area contributed by atoms with E-state index in [0.29, 0.717) is 5.69 Å². The summed E-state index contributed by atoms with van der Waals surface area (Å²) in [6.07, 6.45) is 4.22. The number of nitrogens with two attached hydrogens (primary N) is 1. The smallest absolute Gasteiger partial charge is 0.251 e. The number of anilines is 1. The highest BCUT2D eigenvalue weighted by molar-refractivity contribution is 7.11. The third-order valence-electron chi connectivity index (χ3n) is 2.99. The molecule has 0 spiro atoms. The van der Waals surface area contributed by atoms with E-state index in [-0.39, 0.29) is 24.1 Å². The normalized spacial score (nSPS) is 12.1. The van der Waals surface area contributed by atoms with E-state index in [2.05, 4.69) is 17.2 Å². The van der Waals surface area contributed by atoms with Crippen LogP contribution in [0.3, 0.4) is 0 Å². The number of pyridine rings is 1. The summed E-state index contributed by atoms with van der Waals surface area (Å²) in [6, 6.07) is 2.68. The number of hydrogen-bond donors (Lipinski definition) is 2. The van der Waals surface area contributed by atoms with Gasteiger partial charge in [-0.15, -0.1) is 11.3 Å². The second kappa shape index (κ2) is 6.53. The molecule has 1 amide bonds. The minimum absolute atomic E-state index is 0.0553. The zero-order valence-corrected chi connectivity index (χ0v) is 12.8. The van der Waals surface area contributed by atoms with Crippen molar-refractivity contribution in [1.82, 2.24) is 14.9 Å². The summed E-state index contributed by atoms with van der Waals surface area (Å²) >= 11 is 1.58. The molecule has 0 aliphatic heterocycles. The average Bonchev–Trinajstić information content (AvgIpc) is 2.91. The largest absolute Gasteiger partial charge is 0.398 e. The Labute approximate surface area is 126 Å². The fraction of sp³-hybridized carbons (Fsp3) is 0.357. The molecule has 0 fully saturated rings. The molecule has 2 aromatic heterocycles. The Morgan fingerprint density at radius 3 is 2.95 bits per heavy atom. The van der Waals surface area contributed by atoms with Crippen LogP contribution in [0.2, 0.25) is 0 Å². The predicted molar refractivity (Wildman–Crippen MR) is 83.2 cm³/mol. The number of aryl methyl sites for hydroxylation is 1. The molecule has 6 nitrogen and oxygen atoms in total. The summed E-state index contributed by atoms with van der Waals surface area (Å²) in [5.41, 5.74) is 5.81. The molecule has 0 aromatic carbocycles. The molecule has 2 heterocycles. The number of nitrogens with one attached hydrogen (secondary N) is 1. The van der Waals surface area contributed by atoms with Crippen molar-refractivity contribution >= 4 is 22.9 Å². The molecule has 0 radical (unpaired) electrons. The molecule has 0 aliphatic rings. The molecule has 1 unspecified atom stereocenters. The van der Waals surface area contributed by atoms with Gasteiger partial charge in [-0.05, 0) is 19.4 Å². The molecule has 3 N–H and O–H groups in total. The summed E-state index contributed by atoms with van der Waals surface area (Å²) < 4.78 is 1.29. The van der Waals surface area contributed by atoms with Crippen LogP contribution in [0.4, 0.5) is 5.69 Å². The third-order valence-corrected chi connectivity index (χ3v) is 4.31. The fourth-order valence-corrected chi connectivity index (χ4v) is 2.72. The Hall–Kier alpha value is -2.15. The zero-order chi connectivity index (χ0) is 15.4. The van der Waals surface area contributed by atoms with Gasteiger partial charge in [-0.3, -0.25) is 9.59 Å². The van der Waals surface area contributed by atoms with Gasteiger partial charge in [-0.1, -0.05) is 6.92 Å². The number of aromatic nitrogens is 2. The highest BCUT2D eigenvalue weighted by Gasteiger charge is 2.13. The standard InChI is InChI=1S/C14H18N4O2S/c1-3-11-6-16-14(21-11)9(2)17-12(19)8-18-7-10(15)4-5-13(18)20/h4-7,9H,3,8,15H2,1-2H3,(H,17,19). The first-order valence-electron chi connectivity index (χ1n) is 6.69. The number of rotatable bonds is 5. The van der Waals surface area contributed by atoms with Gasteiger partial charge in [0.05, 0.1) is 6.04 Å². The molecule has 112 valence electrons. The van der Waals surface area contributed by atoms with E-state index in [9.17, 15) is 9.59 Å². The van der Waals surface area contributed by atoms with Crippen molar-refractivity contribution < 1.29 is 4.79 Å². The molecule has 0 aliphatic carbocycles. The van der Waals surface area contributed by atoms with Gasteiger partial charge in [0.2, 0.25) is 5.91 Å². The molecular formula is C14H18N4O2S. The molecule has 0 saturated heterocycles. The van der Waals surface area contributed by atoms with Gasteiger partial charge in [0, 0.05) is 29.0 Å². The van der Waals surface area contributed by atoms with E-state index in [1.807, 2.05) is 13.1 Å². The quantitative estimate of drug-likeness (QED) is 0.872. The Balaban J connectivity index is 2.01. The monoisotopic (exact) mass is 306 g/mol. The lowest BCUT2D eigenvalue weighted by molar-refractivity contribution is -0.122. The minimum atomic E-state index is -0.255. The van der Waals surface area contributed by atoms with Crippen LogP contribution >= 0.6 is 11.3 Å². The molecule has 7 heteroatoms. The molecule has 0 saturated carbocycles. The summed E-state index contributed by atoms with van der Waals surface area (Å²) in [6.45, 7) is 3.88. The van der Waals surface area contributed by atoms with Crippen LogP contribution in [0.15, 0.2) is 29.3 Å². The van der Waals surface area contributed by atoms with Crippen LogP contribution in [0.25, 0.3) is 0 Å². The second-order valence-corrected chi connectivity index (χ2v) is 5.88. The van der Waals surface area contributed by atoms with Gasteiger partial charge >= 0.3 is 0 Å². The number of nitrogens with zero attached hydrogens (tertiary/aromatic N) is 2. The lowest BCUT2D eigenvalue weighted by atomic mass is 10.3. The molecule has 0 bridgehead atoms. The lowest BCUT2D eigenvalue weighted by Crippen LogP contribution is -2.33. The minimum Gasteiger partial charge on any atom is -0.398 e. The van der Waals surface area contributed by atoms with E-state index < -0.39 is 0 Å². The van der Waals surface area contributed by atoms with Crippen molar-refractivity contribution in [3.63, 3.8) is 0 Å². The van der Waals surface area contributed by atoms with E-state index in [1.54, 1.807) is 11.3 Å². The van der Waals surface area contributed by atoms with Crippen molar-refractivity contribution in [2.75, 3.05) is 5.73 Å². The Morgan fingerprint density at radius 1 is 1.52 bits per heavy atom. The fourth-order valence-electron chi connectivity index (χ4n) is 1.86. The first-order chi connectivity index (χ1) is 9.99. The Bertz CT molecular complexity index is 692. The van der Waals surface area contributed by atoms with Crippen molar-refractivity contribution in [1.29, 1.82) is 0 Å². The number of amides is 1. The highest BCUT2D eigenvalue weighted by atomic mass is 32.1. The van der Waals surface area contributed by atoms with Gasteiger partial charge in [0.1, 0.15) is 11.6 Å². The van der Waals surface area contributed by atoms with Crippen LogP contribution in [0.1, 0.15) is 29.8 Å². The van der Waals surface area contributed by atoms with Gasteiger partial charge in [0.25, 0.3) is 5.56 Å². The first-order valence-corrected chi connectivity index (χ1v) is 7.51. The van der Waals surface area contributed by atoms with Crippen molar-refractivity contribution in [3.05, 3.63) is 44.8 Å². The Morgan fingerprint density at radius 2 is 2.29 bits per heavy atom. The highest BCUT2D eigenvalue weighted by Crippen LogP contribution is 2.20. The molecular weight excluding hydrogens is 288 g/mol.